The molecular weight excluding hydrogens is 419 g/mol. The minimum absolute atomic E-state index is 0.0686. The SMILES string of the molecule is C=CN=C(C=C)COc1ccc(Nc2c(C#N)cnc3cc(OF)c(C)cc23)cc1Cl. The Morgan fingerprint density at radius 2 is 2.13 bits per heavy atom. The summed E-state index contributed by atoms with van der Waals surface area (Å²) in [4.78, 5) is 12.1. The minimum Gasteiger partial charge on any atom is -0.486 e. The number of hydrogen-bond donors (Lipinski definition) is 1. The average molecular weight is 437 g/mol. The van der Waals surface area contributed by atoms with Crippen LogP contribution < -0.4 is 15.0 Å². The van der Waals surface area contributed by atoms with Gasteiger partial charge in [-0.15, -0.1) is 0 Å². The molecule has 156 valence electrons. The Morgan fingerprint density at radius 3 is 2.77 bits per heavy atom. The van der Waals surface area contributed by atoms with Crippen molar-refractivity contribution < 1.29 is 14.2 Å². The van der Waals surface area contributed by atoms with E-state index in [9.17, 15) is 9.79 Å². The van der Waals surface area contributed by atoms with Crippen LogP contribution in [-0.2, 0) is 0 Å². The summed E-state index contributed by atoms with van der Waals surface area (Å²) in [7, 11) is 0. The number of nitriles is 1. The average Bonchev–Trinajstić information content (AvgIpc) is 2.77. The molecule has 1 heterocycles. The van der Waals surface area contributed by atoms with Crippen molar-refractivity contribution in [2.45, 2.75) is 6.92 Å². The number of aryl methyl sites for hydroxylation is 1. The van der Waals surface area contributed by atoms with Gasteiger partial charge >= 0.3 is 0 Å². The van der Waals surface area contributed by atoms with Gasteiger partial charge in [-0.3, -0.25) is 14.9 Å². The highest BCUT2D eigenvalue weighted by molar-refractivity contribution is 6.32. The number of halogens is 2. The van der Waals surface area contributed by atoms with Crippen LogP contribution in [0, 0.1) is 18.3 Å². The quantitative estimate of drug-likeness (QED) is 0.424. The standard InChI is InChI=1S/C23H18ClFN4O2/c1-4-16(27-5-2)13-30-21-7-6-17(9-19(21)24)29-23-15(11-26)12-28-20-10-22(31-25)14(3)8-18(20)23/h4-10,12H,1-2,13H2,3H3,(H,28,29). The Labute approximate surface area is 183 Å². The molecule has 0 unspecified atom stereocenters. The summed E-state index contributed by atoms with van der Waals surface area (Å²) in [5, 5.41) is 13.7. The molecule has 0 aliphatic heterocycles. The van der Waals surface area contributed by atoms with E-state index in [1.807, 2.05) is 0 Å². The van der Waals surface area contributed by atoms with Gasteiger partial charge in [0.25, 0.3) is 0 Å². The zero-order chi connectivity index (χ0) is 22.4. The topological polar surface area (TPSA) is 79.5 Å². The lowest BCUT2D eigenvalue weighted by atomic mass is 10.1. The van der Waals surface area contributed by atoms with Gasteiger partial charge in [0.05, 0.1) is 27.5 Å². The number of anilines is 2. The summed E-state index contributed by atoms with van der Waals surface area (Å²) in [6, 6.07) is 10.4. The number of benzene rings is 2. The van der Waals surface area contributed by atoms with Crippen molar-refractivity contribution >= 4 is 39.6 Å². The van der Waals surface area contributed by atoms with Crippen LogP contribution in [0.5, 0.6) is 11.5 Å². The van der Waals surface area contributed by atoms with E-state index in [1.165, 1.54) is 18.5 Å². The molecule has 6 nitrogen and oxygen atoms in total. The van der Waals surface area contributed by atoms with E-state index in [-0.39, 0.29) is 12.4 Å². The summed E-state index contributed by atoms with van der Waals surface area (Å²) in [5.74, 6) is 0.533. The minimum atomic E-state index is 0.0686. The number of fused-ring (bicyclic) bond motifs is 1. The maximum Gasteiger partial charge on any atom is 0.176 e. The molecule has 0 aliphatic carbocycles. The zero-order valence-electron chi connectivity index (χ0n) is 16.7. The number of ether oxygens (including phenoxy) is 1. The Morgan fingerprint density at radius 1 is 1.32 bits per heavy atom. The fraction of sp³-hybridized carbons (Fsp3) is 0.0870. The number of aliphatic imine (C=N–C) groups is 1. The van der Waals surface area contributed by atoms with Crippen LogP contribution in [0.25, 0.3) is 10.9 Å². The summed E-state index contributed by atoms with van der Waals surface area (Å²) < 4.78 is 18.4. The fourth-order valence-electron chi connectivity index (χ4n) is 2.89. The predicted octanol–water partition coefficient (Wildman–Crippen LogP) is 6.22. The molecule has 0 spiro atoms. The lowest BCUT2D eigenvalue weighted by molar-refractivity contribution is -0.00684. The molecule has 0 radical (unpaired) electrons. The summed E-state index contributed by atoms with van der Waals surface area (Å²) >= 11 is 6.37. The summed E-state index contributed by atoms with van der Waals surface area (Å²) in [6.07, 6.45) is 4.40. The van der Waals surface area contributed by atoms with Crippen molar-refractivity contribution in [1.29, 1.82) is 5.26 Å². The molecule has 3 aromatic rings. The Bertz CT molecular complexity index is 1230. The number of pyridine rings is 1. The molecule has 0 amide bonds. The molecule has 0 saturated carbocycles. The monoisotopic (exact) mass is 436 g/mol. The van der Waals surface area contributed by atoms with Gasteiger partial charge in [0.2, 0.25) is 0 Å². The van der Waals surface area contributed by atoms with E-state index in [4.69, 9.17) is 16.3 Å². The highest BCUT2D eigenvalue weighted by Crippen LogP contribution is 2.35. The molecule has 8 heteroatoms. The zero-order valence-corrected chi connectivity index (χ0v) is 17.4. The second-order valence-corrected chi connectivity index (χ2v) is 6.84. The normalized spacial score (nSPS) is 11.0. The third-order valence-electron chi connectivity index (χ3n) is 4.44. The van der Waals surface area contributed by atoms with E-state index in [0.717, 1.165) is 0 Å². The molecule has 0 atom stereocenters. The Hall–Kier alpha value is -3.89. The largest absolute Gasteiger partial charge is 0.486 e. The van der Waals surface area contributed by atoms with Gasteiger partial charge in [-0.2, -0.15) is 5.26 Å². The van der Waals surface area contributed by atoms with Gasteiger partial charge in [-0.05, 0) is 42.8 Å². The third-order valence-corrected chi connectivity index (χ3v) is 4.73. The van der Waals surface area contributed by atoms with Gasteiger partial charge in [0.15, 0.2) is 5.75 Å². The van der Waals surface area contributed by atoms with Crippen molar-refractivity contribution in [3.8, 4) is 17.6 Å². The van der Waals surface area contributed by atoms with Crippen LogP contribution in [0.2, 0.25) is 5.02 Å². The second kappa shape index (κ2) is 9.74. The first kappa shape index (κ1) is 21.8. The van der Waals surface area contributed by atoms with E-state index >= 15 is 0 Å². The maximum atomic E-state index is 12.7. The smallest absolute Gasteiger partial charge is 0.176 e. The molecule has 3 rings (SSSR count). The van der Waals surface area contributed by atoms with E-state index in [0.29, 0.717) is 49.9 Å². The van der Waals surface area contributed by atoms with E-state index in [2.05, 4.69) is 39.5 Å². The van der Waals surface area contributed by atoms with Crippen molar-refractivity contribution in [3.63, 3.8) is 0 Å². The molecule has 1 aromatic heterocycles. The van der Waals surface area contributed by atoms with Gasteiger partial charge in [-0.1, -0.05) is 24.8 Å². The number of nitrogens with zero attached hydrogens (tertiary/aromatic N) is 3. The van der Waals surface area contributed by atoms with Crippen molar-refractivity contribution in [2.75, 3.05) is 11.9 Å². The van der Waals surface area contributed by atoms with Crippen LogP contribution in [-0.4, -0.2) is 17.3 Å². The first-order valence-electron chi connectivity index (χ1n) is 9.12. The first-order chi connectivity index (χ1) is 15.0. The van der Waals surface area contributed by atoms with Crippen LogP contribution in [0.15, 0.2) is 67.0 Å². The molecule has 0 fully saturated rings. The lowest BCUT2D eigenvalue weighted by Crippen LogP contribution is -2.08. The van der Waals surface area contributed by atoms with Crippen molar-refractivity contribution in [3.05, 3.63) is 78.1 Å². The molecule has 0 bridgehead atoms. The summed E-state index contributed by atoms with van der Waals surface area (Å²) in [6.45, 7) is 9.11. The van der Waals surface area contributed by atoms with Crippen LogP contribution in [0.3, 0.4) is 0 Å². The molecule has 0 saturated heterocycles. The molecule has 31 heavy (non-hydrogen) atoms. The third kappa shape index (κ3) is 4.82. The molecule has 1 N–H and O–H groups in total. The first-order valence-corrected chi connectivity index (χ1v) is 9.50. The highest BCUT2D eigenvalue weighted by atomic mass is 35.5. The van der Waals surface area contributed by atoms with Crippen molar-refractivity contribution in [1.82, 2.24) is 4.98 Å². The van der Waals surface area contributed by atoms with E-state index in [1.54, 1.807) is 37.3 Å². The second-order valence-electron chi connectivity index (χ2n) is 6.44. The number of rotatable bonds is 8. The van der Waals surface area contributed by atoms with Gasteiger partial charge in [-0.25, -0.2) is 0 Å². The van der Waals surface area contributed by atoms with Crippen LogP contribution in [0.1, 0.15) is 11.1 Å². The van der Waals surface area contributed by atoms with Gasteiger partial charge < -0.3 is 10.1 Å². The van der Waals surface area contributed by atoms with Gasteiger partial charge in [0.1, 0.15) is 18.4 Å². The van der Waals surface area contributed by atoms with E-state index < -0.39 is 0 Å². The highest BCUT2D eigenvalue weighted by Gasteiger charge is 2.14. The maximum absolute atomic E-state index is 12.7. The van der Waals surface area contributed by atoms with Gasteiger partial charge in [0, 0.05) is 34.1 Å². The Balaban J connectivity index is 1.93. The number of hydrogen-bond acceptors (Lipinski definition) is 6. The summed E-state index contributed by atoms with van der Waals surface area (Å²) in [5.41, 5.74) is 3.14. The lowest BCUT2D eigenvalue weighted by Gasteiger charge is -2.14. The Kier molecular flexibility index (Phi) is 6.85. The predicted molar refractivity (Wildman–Crippen MR) is 121 cm³/mol. The van der Waals surface area contributed by atoms with Crippen molar-refractivity contribution in [2.24, 2.45) is 4.99 Å². The number of aromatic nitrogens is 1. The molecule has 0 aliphatic rings. The van der Waals surface area contributed by atoms with Crippen LogP contribution >= 0.6 is 11.6 Å². The fourth-order valence-corrected chi connectivity index (χ4v) is 3.12. The number of nitrogens with one attached hydrogen (secondary N) is 1. The molecular formula is C23H18ClFN4O2. The van der Waals surface area contributed by atoms with Crippen LogP contribution in [0.4, 0.5) is 15.9 Å². The molecule has 2 aromatic carbocycles.